The van der Waals surface area contributed by atoms with E-state index in [0.717, 1.165) is 38.5 Å². The van der Waals surface area contributed by atoms with E-state index in [9.17, 15) is 4.79 Å². The van der Waals surface area contributed by atoms with Crippen molar-refractivity contribution < 1.29 is 9.53 Å². The van der Waals surface area contributed by atoms with Gasteiger partial charge in [0.15, 0.2) is 0 Å². The highest BCUT2D eigenvalue weighted by atomic mass is 16.5. The third-order valence-corrected chi connectivity index (χ3v) is 4.32. The van der Waals surface area contributed by atoms with Crippen LogP contribution in [0.25, 0.3) is 0 Å². The Hall–Kier alpha value is -0.890. The molecule has 0 heterocycles. The Kier molecular flexibility index (Phi) is 4.76. The zero-order chi connectivity index (χ0) is 13.0. The standard InChI is InChI=1S/C16H24O2/c1-12-3-7-14(8-4-12)16(17)11-13-5-9-15(18-2)10-6-13/h3-4,7,13-15H,5-6,8-11H2,1-2H3. The van der Waals surface area contributed by atoms with E-state index in [-0.39, 0.29) is 5.92 Å². The molecule has 0 amide bonds. The summed E-state index contributed by atoms with van der Waals surface area (Å²) in [6.07, 6.45) is 13.0. The van der Waals surface area contributed by atoms with Gasteiger partial charge in [-0.1, -0.05) is 23.8 Å². The molecular weight excluding hydrogens is 224 g/mol. The molecule has 1 unspecified atom stereocenters. The maximum absolute atomic E-state index is 12.2. The van der Waals surface area contributed by atoms with Crippen molar-refractivity contribution in [2.75, 3.05) is 7.11 Å². The second-order valence-electron chi connectivity index (χ2n) is 5.70. The van der Waals surface area contributed by atoms with Crippen LogP contribution in [0.1, 0.15) is 45.4 Å². The number of methoxy groups -OCH3 is 1. The molecule has 0 radical (unpaired) electrons. The van der Waals surface area contributed by atoms with Gasteiger partial charge in [-0.05, 0) is 44.9 Å². The van der Waals surface area contributed by atoms with Crippen LogP contribution in [0.15, 0.2) is 23.8 Å². The van der Waals surface area contributed by atoms with Gasteiger partial charge in [-0.25, -0.2) is 0 Å². The molecule has 1 fully saturated rings. The Balaban J connectivity index is 1.77. The van der Waals surface area contributed by atoms with Crippen LogP contribution in [-0.2, 0) is 9.53 Å². The van der Waals surface area contributed by atoms with E-state index in [4.69, 9.17) is 4.74 Å². The maximum atomic E-state index is 12.2. The van der Waals surface area contributed by atoms with E-state index in [0.29, 0.717) is 17.8 Å². The summed E-state index contributed by atoms with van der Waals surface area (Å²) in [4.78, 5) is 12.2. The number of hydrogen-bond donors (Lipinski definition) is 0. The molecule has 2 heteroatoms. The van der Waals surface area contributed by atoms with E-state index in [2.05, 4.69) is 25.2 Å². The number of ether oxygens (including phenoxy) is 1. The molecule has 18 heavy (non-hydrogen) atoms. The summed E-state index contributed by atoms with van der Waals surface area (Å²) in [5.74, 6) is 1.15. The molecule has 0 aromatic rings. The normalized spacial score (nSPS) is 32.1. The monoisotopic (exact) mass is 248 g/mol. The summed E-state index contributed by atoms with van der Waals surface area (Å²) in [5, 5.41) is 0. The average molecular weight is 248 g/mol. The molecule has 100 valence electrons. The summed E-state index contributed by atoms with van der Waals surface area (Å²) in [7, 11) is 1.79. The Morgan fingerprint density at radius 2 is 2.06 bits per heavy atom. The van der Waals surface area contributed by atoms with Gasteiger partial charge in [0.1, 0.15) is 5.78 Å². The lowest BCUT2D eigenvalue weighted by atomic mass is 9.81. The van der Waals surface area contributed by atoms with E-state index in [1.54, 1.807) is 7.11 Å². The van der Waals surface area contributed by atoms with Crippen molar-refractivity contribution in [3.63, 3.8) is 0 Å². The Morgan fingerprint density at radius 1 is 1.33 bits per heavy atom. The largest absolute Gasteiger partial charge is 0.381 e. The van der Waals surface area contributed by atoms with Crippen molar-refractivity contribution >= 4 is 5.78 Å². The number of allylic oxidation sites excluding steroid dienone is 4. The molecule has 2 aliphatic carbocycles. The first-order valence-electron chi connectivity index (χ1n) is 7.09. The van der Waals surface area contributed by atoms with Gasteiger partial charge in [0, 0.05) is 19.4 Å². The van der Waals surface area contributed by atoms with Gasteiger partial charge in [-0.15, -0.1) is 0 Å². The third-order valence-electron chi connectivity index (χ3n) is 4.32. The number of hydrogen-bond acceptors (Lipinski definition) is 2. The van der Waals surface area contributed by atoms with Crippen molar-refractivity contribution in [3.8, 4) is 0 Å². The second-order valence-corrected chi connectivity index (χ2v) is 5.70. The van der Waals surface area contributed by atoms with Gasteiger partial charge in [-0.2, -0.15) is 0 Å². The topological polar surface area (TPSA) is 26.3 Å². The number of ketones is 1. The summed E-state index contributed by atoms with van der Waals surface area (Å²) >= 11 is 0. The lowest BCUT2D eigenvalue weighted by Crippen LogP contribution is -2.24. The average Bonchev–Trinajstić information content (AvgIpc) is 2.40. The molecule has 1 atom stereocenters. The fraction of sp³-hybridized carbons (Fsp3) is 0.688. The molecule has 0 bridgehead atoms. The van der Waals surface area contributed by atoms with Crippen molar-refractivity contribution in [3.05, 3.63) is 23.8 Å². The van der Waals surface area contributed by atoms with Crippen LogP contribution in [0.4, 0.5) is 0 Å². The van der Waals surface area contributed by atoms with Gasteiger partial charge in [0.05, 0.1) is 6.10 Å². The van der Waals surface area contributed by atoms with Crippen molar-refractivity contribution in [1.82, 2.24) is 0 Å². The summed E-state index contributed by atoms with van der Waals surface area (Å²) < 4.78 is 5.37. The highest BCUT2D eigenvalue weighted by molar-refractivity contribution is 5.83. The SMILES string of the molecule is COC1CCC(CC(=O)C2C=CC(C)=CC2)CC1. The molecule has 0 spiro atoms. The first-order chi connectivity index (χ1) is 8.69. The predicted octanol–water partition coefficient (Wildman–Crippen LogP) is 3.67. The Bertz CT molecular complexity index is 346. The predicted molar refractivity (Wildman–Crippen MR) is 73.4 cm³/mol. The zero-order valence-electron chi connectivity index (χ0n) is 11.5. The van der Waals surface area contributed by atoms with Crippen LogP contribution in [0.2, 0.25) is 0 Å². The van der Waals surface area contributed by atoms with Crippen LogP contribution in [-0.4, -0.2) is 19.0 Å². The minimum atomic E-state index is 0.133. The van der Waals surface area contributed by atoms with Gasteiger partial charge in [0.2, 0.25) is 0 Å². The summed E-state index contributed by atoms with van der Waals surface area (Å²) in [6, 6.07) is 0. The molecule has 0 aromatic carbocycles. The lowest BCUT2D eigenvalue weighted by molar-refractivity contribution is -0.122. The molecule has 2 aliphatic rings. The van der Waals surface area contributed by atoms with E-state index in [1.165, 1.54) is 5.57 Å². The van der Waals surface area contributed by atoms with Gasteiger partial charge >= 0.3 is 0 Å². The van der Waals surface area contributed by atoms with E-state index in [1.807, 2.05) is 0 Å². The van der Waals surface area contributed by atoms with Crippen molar-refractivity contribution in [2.24, 2.45) is 11.8 Å². The first kappa shape index (κ1) is 13.5. The van der Waals surface area contributed by atoms with E-state index >= 15 is 0 Å². The minimum Gasteiger partial charge on any atom is -0.381 e. The Morgan fingerprint density at radius 3 is 2.61 bits per heavy atom. The zero-order valence-corrected chi connectivity index (χ0v) is 11.5. The van der Waals surface area contributed by atoms with Crippen LogP contribution in [0, 0.1) is 11.8 Å². The quantitative estimate of drug-likeness (QED) is 0.758. The first-order valence-corrected chi connectivity index (χ1v) is 7.09. The molecule has 2 nitrogen and oxygen atoms in total. The Labute approximate surface area is 110 Å². The lowest BCUT2D eigenvalue weighted by Gasteiger charge is -2.28. The number of Topliss-reactive ketones (excluding diaryl/α,β-unsaturated/α-hetero) is 1. The smallest absolute Gasteiger partial charge is 0.140 e. The minimum absolute atomic E-state index is 0.133. The molecule has 2 rings (SSSR count). The number of rotatable bonds is 4. The molecule has 0 aliphatic heterocycles. The second kappa shape index (κ2) is 6.33. The van der Waals surface area contributed by atoms with Gasteiger partial charge in [-0.3, -0.25) is 4.79 Å². The third kappa shape index (κ3) is 3.55. The fourth-order valence-electron chi connectivity index (χ4n) is 2.97. The molecule has 0 N–H and O–H groups in total. The number of carbonyl (C=O) groups is 1. The van der Waals surface area contributed by atoms with Crippen molar-refractivity contribution in [1.29, 1.82) is 0 Å². The highest BCUT2D eigenvalue weighted by Crippen LogP contribution is 2.30. The molecule has 0 saturated heterocycles. The maximum Gasteiger partial charge on any atom is 0.140 e. The molecule has 0 aromatic heterocycles. The van der Waals surface area contributed by atoms with Gasteiger partial charge < -0.3 is 4.74 Å². The van der Waals surface area contributed by atoms with Crippen LogP contribution in [0.3, 0.4) is 0 Å². The summed E-state index contributed by atoms with van der Waals surface area (Å²) in [6.45, 7) is 2.09. The summed E-state index contributed by atoms with van der Waals surface area (Å²) in [5.41, 5.74) is 1.28. The van der Waals surface area contributed by atoms with Crippen molar-refractivity contribution in [2.45, 2.75) is 51.6 Å². The molecule has 1 saturated carbocycles. The van der Waals surface area contributed by atoms with Crippen LogP contribution < -0.4 is 0 Å². The van der Waals surface area contributed by atoms with Gasteiger partial charge in [0.25, 0.3) is 0 Å². The molecular formula is C16H24O2. The highest BCUT2D eigenvalue weighted by Gasteiger charge is 2.25. The van der Waals surface area contributed by atoms with Crippen LogP contribution >= 0.6 is 0 Å². The number of carbonyl (C=O) groups excluding carboxylic acids is 1. The fourth-order valence-corrected chi connectivity index (χ4v) is 2.97. The van der Waals surface area contributed by atoms with E-state index < -0.39 is 0 Å². The van der Waals surface area contributed by atoms with Crippen LogP contribution in [0.5, 0.6) is 0 Å².